The topological polar surface area (TPSA) is 41.9 Å². The highest BCUT2D eigenvalue weighted by Crippen LogP contribution is 2.23. The number of benzene rings is 1. The summed E-state index contributed by atoms with van der Waals surface area (Å²) in [5.41, 5.74) is 0.643. The van der Waals surface area contributed by atoms with Crippen molar-refractivity contribution in [1.29, 1.82) is 0 Å². The first kappa shape index (κ1) is 15.3. The molecule has 1 aromatic carbocycles. The fourth-order valence-electron chi connectivity index (χ4n) is 2.18. The van der Waals surface area contributed by atoms with Crippen molar-refractivity contribution in [3.8, 4) is 0 Å². The molecular weight excluding hydrogens is 268 g/mol. The third-order valence-electron chi connectivity index (χ3n) is 3.25. The van der Waals surface area contributed by atoms with E-state index >= 15 is 0 Å². The lowest BCUT2D eigenvalue weighted by molar-refractivity contribution is -0.0390. The molecule has 0 aliphatic carbocycles. The summed E-state index contributed by atoms with van der Waals surface area (Å²) in [6.45, 7) is 3.55. The summed E-state index contributed by atoms with van der Waals surface area (Å²) in [6, 6.07) is 3.86. The molecule has 0 amide bonds. The molecule has 1 saturated heterocycles. The number of hydrogen-bond acceptors (Lipinski definition) is 4. The van der Waals surface area contributed by atoms with Gasteiger partial charge >= 0.3 is 0 Å². The van der Waals surface area contributed by atoms with Gasteiger partial charge in [-0.2, -0.15) is 0 Å². The molecule has 6 heteroatoms. The molecule has 0 bridgehead atoms. The van der Waals surface area contributed by atoms with E-state index in [9.17, 15) is 8.78 Å². The highest BCUT2D eigenvalue weighted by Gasteiger charge is 2.22. The Kier molecular flexibility index (Phi) is 5.85. The summed E-state index contributed by atoms with van der Waals surface area (Å²) < 4.78 is 37.0. The zero-order valence-electron chi connectivity index (χ0n) is 11.2. The lowest BCUT2D eigenvalue weighted by atomic mass is 10.1. The summed E-state index contributed by atoms with van der Waals surface area (Å²) in [5.74, 6) is -1.70. The monoisotopic (exact) mass is 287 g/mol. The fraction of sp³-hybridized carbons (Fsp3) is 0.571. The van der Waals surface area contributed by atoms with Gasteiger partial charge in [0.2, 0.25) is 0 Å². The Balaban J connectivity index is 1.87. The molecule has 1 heterocycles. The maximum absolute atomic E-state index is 13.2. The van der Waals surface area contributed by atoms with Crippen LogP contribution >= 0.6 is 0 Å². The predicted molar refractivity (Wildman–Crippen MR) is 69.4 cm³/mol. The zero-order chi connectivity index (χ0) is 14.4. The van der Waals surface area contributed by atoms with Crippen molar-refractivity contribution < 1.29 is 23.4 Å². The number of aliphatic hydroxyl groups excluding tert-OH is 1. The molecule has 112 valence electrons. The Labute approximate surface area is 116 Å². The lowest BCUT2D eigenvalue weighted by Crippen LogP contribution is -2.40. The second kappa shape index (κ2) is 7.64. The van der Waals surface area contributed by atoms with E-state index in [0.717, 1.165) is 19.2 Å². The average molecular weight is 287 g/mol. The Hall–Kier alpha value is -1.08. The Morgan fingerprint density at radius 2 is 2.15 bits per heavy atom. The zero-order valence-corrected chi connectivity index (χ0v) is 11.2. The third-order valence-corrected chi connectivity index (χ3v) is 3.25. The van der Waals surface area contributed by atoms with E-state index in [0.29, 0.717) is 31.9 Å². The second-order valence-corrected chi connectivity index (χ2v) is 4.67. The van der Waals surface area contributed by atoms with Gasteiger partial charge < -0.3 is 14.6 Å². The summed E-state index contributed by atoms with van der Waals surface area (Å²) in [4.78, 5) is 2.15. The van der Waals surface area contributed by atoms with E-state index in [1.807, 2.05) is 0 Å². The minimum Gasteiger partial charge on any atom is -0.394 e. The van der Waals surface area contributed by atoms with Crippen LogP contribution in [0.4, 0.5) is 8.78 Å². The first-order valence-electron chi connectivity index (χ1n) is 6.68. The molecule has 1 fully saturated rings. The van der Waals surface area contributed by atoms with Crippen molar-refractivity contribution in [2.75, 3.05) is 46.1 Å². The molecule has 4 nitrogen and oxygen atoms in total. The van der Waals surface area contributed by atoms with Crippen molar-refractivity contribution in [2.24, 2.45) is 0 Å². The number of nitrogens with zero attached hydrogens (tertiary/aromatic N) is 1. The van der Waals surface area contributed by atoms with Crippen LogP contribution in [0.5, 0.6) is 0 Å². The summed E-state index contributed by atoms with van der Waals surface area (Å²) in [7, 11) is 0. The number of ether oxygens (including phenoxy) is 2. The molecule has 1 atom stereocenters. The predicted octanol–water partition coefficient (Wildman–Crippen LogP) is 1.35. The molecule has 2 rings (SSSR count). The van der Waals surface area contributed by atoms with Crippen molar-refractivity contribution >= 4 is 0 Å². The molecule has 0 radical (unpaired) electrons. The van der Waals surface area contributed by atoms with E-state index in [2.05, 4.69) is 4.90 Å². The van der Waals surface area contributed by atoms with E-state index < -0.39 is 11.6 Å². The quantitative estimate of drug-likeness (QED) is 0.802. The molecular formula is C14H19F2NO3. The van der Waals surface area contributed by atoms with E-state index in [1.54, 1.807) is 6.07 Å². The van der Waals surface area contributed by atoms with Crippen molar-refractivity contribution in [2.45, 2.75) is 6.10 Å². The molecule has 1 aliphatic heterocycles. The van der Waals surface area contributed by atoms with Crippen LogP contribution in [0.25, 0.3) is 0 Å². The first-order valence-corrected chi connectivity index (χ1v) is 6.68. The molecule has 0 aromatic heterocycles. The van der Waals surface area contributed by atoms with Crippen LogP contribution in [0.3, 0.4) is 0 Å². The van der Waals surface area contributed by atoms with Gasteiger partial charge in [0.15, 0.2) is 11.6 Å². The van der Waals surface area contributed by atoms with Crippen molar-refractivity contribution in [3.63, 3.8) is 0 Å². The summed E-state index contributed by atoms with van der Waals surface area (Å²) in [6.07, 6.45) is -0.253. The second-order valence-electron chi connectivity index (χ2n) is 4.67. The van der Waals surface area contributed by atoms with Gasteiger partial charge in [-0.1, -0.05) is 6.07 Å². The molecule has 1 aliphatic rings. The summed E-state index contributed by atoms with van der Waals surface area (Å²) in [5, 5.41) is 8.62. The van der Waals surface area contributed by atoms with Gasteiger partial charge in [-0.25, -0.2) is 8.78 Å². The highest BCUT2D eigenvalue weighted by molar-refractivity contribution is 5.20. The van der Waals surface area contributed by atoms with Gasteiger partial charge in [0.05, 0.1) is 32.5 Å². The Bertz CT molecular complexity index is 431. The van der Waals surface area contributed by atoms with Crippen LogP contribution in [0.2, 0.25) is 0 Å². The van der Waals surface area contributed by atoms with Gasteiger partial charge in [0.1, 0.15) is 0 Å². The van der Waals surface area contributed by atoms with E-state index in [-0.39, 0.29) is 12.7 Å². The van der Waals surface area contributed by atoms with Crippen molar-refractivity contribution in [3.05, 3.63) is 35.4 Å². The number of aliphatic hydroxyl groups is 1. The van der Waals surface area contributed by atoms with Crippen LogP contribution in [0, 0.1) is 11.6 Å². The molecule has 1 unspecified atom stereocenters. The first-order chi connectivity index (χ1) is 9.70. The minimum absolute atomic E-state index is 0.0145. The van der Waals surface area contributed by atoms with Gasteiger partial charge in [0.25, 0.3) is 0 Å². The van der Waals surface area contributed by atoms with Crippen LogP contribution < -0.4 is 0 Å². The fourth-order valence-corrected chi connectivity index (χ4v) is 2.18. The smallest absolute Gasteiger partial charge is 0.159 e. The maximum atomic E-state index is 13.2. The van der Waals surface area contributed by atoms with Crippen LogP contribution in [0.15, 0.2) is 18.2 Å². The van der Waals surface area contributed by atoms with Gasteiger partial charge in [-0.3, -0.25) is 4.90 Å². The Morgan fingerprint density at radius 1 is 1.30 bits per heavy atom. The highest BCUT2D eigenvalue weighted by atomic mass is 19.2. The maximum Gasteiger partial charge on any atom is 0.159 e. The molecule has 1 aromatic rings. The SMILES string of the molecule is OCCOCCN1CCOC(c2ccc(F)c(F)c2)C1. The lowest BCUT2D eigenvalue weighted by Gasteiger charge is -2.33. The van der Waals surface area contributed by atoms with Crippen LogP contribution in [-0.2, 0) is 9.47 Å². The number of hydrogen-bond donors (Lipinski definition) is 1. The largest absolute Gasteiger partial charge is 0.394 e. The standard InChI is InChI=1S/C14H19F2NO3/c15-12-2-1-11(9-13(12)16)14-10-17(4-7-20-14)3-6-19-8-5-18/h1-2,9,14,18H,3-8,10H2. The van der Waals surface area contributed by atoms with Gasteiger partial charge in [0, 0.05) is 19.6 Å². The van der Waals surface area contributed by atoms with E-state index in [1.165, 1.54) is 6.07 Å². The molecule has 0 saturated carbocycles. The number of rotatable bonds is 6. The van der Waals surface area contributed by atoms with E-state index in [4.69, 9.17) is 14.6 Å². The molecule has 20 heavy (non-hydrogen) atoms. The van der Waals surface area contributed by atoms with Crippen LogP contribution in [-0.4, -0.2) is 56.1 Å². The molecule has 1 N–H and O–H groups in total. The number of morpholine rings is 1. The Morgan fingerprint density at radius 3 is 2.90 bits per heavy atom. The average Bonchev–Trinajstić information content (AvgIpc) is 2.47. The van der Waals surface area contributed by atoms with Crippen LogP contribution in [0.1, 0.15) is 11.7 Å². The van der Waals surface area contributed by atoms with Crippen molar-refractivity contribution in [1.82, 2.24) is 4.90 Å². The summed E-state index contributed by atoms with van der Waals surface area (Å²) >= 11 is 0. The normalized spacial score (nSPS) is 20.2. The van der Waals surface area contributed by atoms with Gasteiger partial charge in [-0.05, 0) is 17.7 Å². The number of halogens is 2. The molecule has 0 spiro atoms. The van der Waals surface area contributed by atoms with Gasteiger partial charge in [-0.15, -0.1) is 0 Å². The minimum atomic E-state index is -0.852. The third kappa shape index (κ3) is 4.21.